The molecule has 0 spiro atoms. The number of guanidine groups is 1. The summed E-state index contributed by atoms with van der Waals surface area (Å²) in [5.41, 5.74) is 1.01. The third-order valence-corrected chi connectivity index (χ3v) is 5.27. The molecule has 2 aromatic rings. The van der Waals surface area contributed by atoms with Crippen molar-refractivity contribution < 1.29 is 18.6 Å². The number of pyridine rings is 1. The molecule has 3 heterocycles. The first-order valence-electron chi connectivity index (χ1n) is 10.3. The van der Waals surface area contributed by atoms with E-state index in [0.29, 0.717) is 24.8 Å². The maximum absolute atomic E-state index is 13.0. The molecule has 2 fully saturated rings. The van der Waals surface area contributed by atoms with Gasteiger partial charge in [0.25, 0.3) is 0 Å². The van der Waals surface area contributed by atoms with Crippen molar-refractivity contribution in [2.45, 2.75) is 31.6 Å². The van der Waals surface area contributed by atoms with Gasteiger partial charge in [-0.3, -0.25) is 4.99 Å². The van der Waals surface area contributed by atoms with Gasteiger partial charge < -0.3 is 24.4 Å². The van der Waals surface area contributed by atoms with Gasteiger partial charge in [-0.25, -0.2) is 9.37 Å². The Morgan fingerprint density at radius 1 is 1.19 bits per heavy atom. The molecule has 1 N–H and O–H groups in total. The summed E-state index contributed by atoms with van der Waals surface area (Å²) in [5.74, 6) is 1.55. The van der Waals surface area contributed by atoms with Gasteiger partial charge in [-0.05, 0) is 42.7 Å². The lowest BCUT2D eigenvalue weighted by atomic mass is 10.1. The fraction of sp³-hybridized carbons (Fsp3) is 0.455. The summed E-state index contributed by atoms with van der Waals surface area (Å²) in [4.78, 5) is 11.0. The number of aromatic nitrogens is 1. The zero-order valence-corrected chi connectivity index (χ0v) is 19.8. The van der Waals surface area contributed by atoms with Gasteiger partial charge in [-0.15, -0.1) is 24.0 Å². The Balaban J connectivity index is 0.00000272. The number of aliphatic imine (C=N–C) groups is 1. The predicted octanol–water partition coefficient (Wildman–Crippen LogP) is 3.59. The molecule has 9 heteroatoms. The van der Waals surface area contributed by atoms with Gasteiger partial charge in [0.05, 0.1) is 12.7 Å². The topological polar surface area (TPSA) is 68.2 Å². The summed E-state index contributed by atoms with van der Waals surface area (Å²) in [7, 11) is 1.79. The van der Waals surface area contributed by atoms with Crippen LogP contribution in [-0.4, -0.2) is 61.4 Å². The molecule has 2 atom stereocenters. The zero-order chi connectivity index (χ0) is 20.8. The molecule has 1 aromatic heterocycles. The van der Waals surface area contributed by atoms with Crippen LogP contribution in [0.25, 0.3) is 0 Å². The van der Waals surface area contributed by atoms with Crippen LogP contribution in [-0.2, 0) is 16.0 Å². The maximum Gasteiger partial charge on any atom is 0.219 e. The van der Waals surface area contributed by atoms with E-state index in [1.807, 2.05) is 6.07 Å². The highest BCUT2D eigenvalue weighted by Gasteiger charge is 2.32. The van der Waals surface area contributed by atoms with E-state index in [4.69, 9.17) is 14.2 Å². The second kappa shape index (κ2) is 11.6. The van der Waals surface area contributed by atoms with Crippen molar-refractivity contribution in [1.29, 1.82) is 0 Å². The number of morpholine rings is 1. The smallest absolute Gasteiger partial charge is 0.219 e. The second-order valence-electron chi connectivity index (χ2n) is 7.37. The van der Waals surface area contributed by atoms with Crippen LogP contribution >= 0.6 is 24.0 Å². The van der Waals surface area contributed by atoms with E-state index in [2.05, 4.69) is 20.2 Å². The van der Waals surface area contributed by atoms with Crippen LogP contribution in [0.15, 0.2) is 47.6 Å². The van der Waals surface area contributed by atoms with Gasteiger partial charge in [0.15, 0.2) is 5.96 Å². The summed E-state index contributed by atoms with van der Waals surface area (Å²) in [5, 5.41) is 3.40. The van der Waals surface area contributed by atoms with Crippen molar-refractivity contribution in [2.24, 2.45) is 4.99 Å². The maximum atomic E-state index is 13.0. The third-order valence-electron chi connectivity index (χ3n) is 5.27. The molecule has 0 saturated carbocycles. The lowest BCUT2D eigenvalue weighted by molar-refractivity contribution is -0.0817. The number of rotatable bonds is 5. The van der Waals surface area contributed by atoms with E-state index in [0.717, 1.165) is 44.1 Å². The van der Waals surface area contributed by atoms with Crippen LogP contribution in [0.5, 0.6) is 11.6 Å². The highest BCUT2D eigenvalue weighted by molar-refractivity contribution is 14.0. The number of halogens is 2. The molecule has 2 aliphatic rings. The van der Waals surface area contributed by atoms with E-state index in [1.54, 1.807) is 31.4 Å². The molecule has 4 rings (SSSR count). The van der Waals surface area contributed by atoms with Crippen molar-refractivity contribution in [3.63, 3.8) is 0 Å². The van der Waals surface area contributed by atoms with Crippen LogP contribution < -0.4 is 10.1 Å². The number of hydrogen-bond donors (Lipinski definition) is 1. The van der Waals surface area contributed by atoms with Gasteiger partial charge in [-0.1, -0.05) is 6.07 Å². The lowest BCUT2D eigenvalue weighted by Crippen LogP contribution is -2.53. The van der Waals surface area contributed by atoms with Crippen molar-refractivity contribution in [2.75, 3.05) is 33.4 Å². The Kier molecular flexibility index (Phi) is 8.85. The summed E-state index contributed by atoms with van der Waals surface area (Å²) >= 11 is 0. The minimum absolute atomic E-state index is 0. The molecule has 7 nitrogen and oxygen atoms in total. The molecule has 1 aromatic carbocycles. The van der Waals surface area contributed by atoms with E-state index in [-0.39, 0.29) is 42.0 Å². The number of benzene rings is 1. The van der Waals surface area contributed by atoms with Gasteiger partial charge in [0, 0.05) is 45.6 Å². The first kappa shape index (κ1) is 23.7. The molecule has 0 radical (unpaired) electrons. The standard InChI is InChI=1S/C22H27FN4O3.HI/c1-24-22(27-10-12-29-20(15-27)19-3-2-11-28-19)26-14-16-4-9-21(25-13-16)30-18-7-5-17(23)6-8-18;/h4-9,13,19-20H,2-3,10-12,14-15H2,1H3,(H,24,26);1H. The summed E-state index contributed by atoms with van der Waals surface area (Å²) in [6.45, 7) is 3.66. The second-order valence-corrected chi connectivity index (χ2v) is 7.37. The number of nitrogens with one attached hydrogen (secondary N) is 1. The highest BCUT2D eigenvalue weighted by atomic mass is 127. The molecular formula is C22H28FIN4O3. The Morgan fingerprint density at radius 2 is 2.00 bits per heavy atom. The average molecular weight is 542 g/mol. The fourth-order valence-electron chi connectivity index (χ4n) is 3.70. The average Bonchev–Trinajstić information content (AvgIpc) is 3.32. The lowest BCUT2D eigenvalue weighted by Gasteiger charge is -2.37. The Bertz CT molecular complexity index is 845. The first-order chi connectivity index (χ1) is 14.7. The monoisotopic (exact) mass is 542 g/mol. The molecule has 2 aliphatic heterocycles. The van der Waals surface area contributed by atoms with Crippen LogP contribution in [0.1, 0.15) is 18.4 Å². The molecule has 31 heavy (non-hydrogen) atoms. The predicted molar refractivity (Wildman–Crippen MR) is 127 cm³/mol. The summed E-state index contributed by atoms with van der Waals surface area (Å²) in [6, 6.07) is 9.60. The van der Waals surface area contributed by atoms with Crippen LogP contribution in [0.2, 0.25) is 0 Å². The highest BCUT2D eigenvalue weighted by Crippen LogP contribution is 2.21. The molecular weight excluding hydrogens is 514 g/mol. The molecule has 0 aliphatic carbocycles. The van der Waals surface area contributed by atoms with Crippen molar-refractivity contribution in [1.82, 2.24) is 15.2 Å². The SMILES string of the molecule is CN=C(NCc1ccc(Oc2ccc(F)cc2)nc1)N1CCOC(C2CCCO2)C1.I. The van der Waals surface area contributed by atoms with Crippen molar-refractivity contribution in [3.8, 4) is 11.6 Å². The quantitative estimate of drug-likeness (QED) is 0.354. The summed E-state index contributed by atoms with van der Waals surface area (Å²) < 4.78 is 30.3. The minimum Gasteiger partial charge on any atom is -0.439 e. The van der Waals surface area contributed by atoms with Crippen LogP contribution in [0, 0.1) is 5.82 Å². The minimum atomic E-state index is -0.299. The Hall–Kier alpha value is -1.98. The molecule has 2 unspecified atom stereocenters. The molecule has 0 bridgehead atoms. The van der Waals surface area contributed by atoms with Gasteiger partial charge in [0.2, 0.25) is 5.88 Å². The zero-order valence-electron chi connectivity index (χ0n) is 17.5. The van der Waals surface area contributed by atoms with Gasteiger partial charge in [0.1, 0.15) is 17.7 Å². The molecule has 168 valence electrons. The van der Waals surface area contributed by atoms with E-state index in [1.165, 1.54) is 12.1 Å². The van der Waals surface area contributed by atoms with Crippen molar-refractivity contribution >= 4 is 29.9 Å². The largest absolute Gasteiger partial charge is 0.439 e. The van der Waals surface area contributed by atoms with Crippen LogP contribution in [0.3, 0.4) is 0 Å². The van der Waals surface area contributed by atoms with Crippen molar-refractivity contribution in [3.05, 3.63) is 54.0 Å². The van der Waals surface area contributed by atoms with Crippen LogP contribution in [0.4, 0.5) is 4.39 Å². The number of hydrogen-bond acceptors (Lipinski definition) is 5. The normalized spacial score (nSPS) is 21.5. The number of ether oxygens (including phenoxy) is 3. The van der Waals surface area contributed by atoms with E-state index < -0.39 is 0 Å². The number of nitrogens with zero attached hydrogens (tertiary/aromatic N) is 3. The summed E-state index contributed by atoms with van der Waals surface area (Å²) in [6.07, 6.45) is 4.19. The first-order valence-corrected chi connectivity index (χ1v) is 10.3. The Labute approximate surface area is 199 Å². The molecule has 2 saturated heterocycles. The van der Waals surface area contributed by atoms with Gasteiger partial charge in [-0.2, -0.15) is 0 Å². The fourth-order valence-corrected chi connectivity index (χ4v) is 3.70. The third kappa shape index (κ3) is 6.50. The Morgan fingerprint density at radius 3 is 2.68 bits per heavy atom. The van der Waals surface area contributed by atoms with E-state index >= 15 is 0 Å². The van der Waals surface area contributed by atoms with E-state index in [9.17, 15) is 4.39 Å². The van der Waals surface area contributed by atoms with Gasteiger partial charge >= 0.3 is 0 Å². The molecule has 0 amide bonds.